The van der Waals surface area contributed by atoms with Crippen LogP contribution in [0.5, 0.6) is 0 Å². The Morgan fingerprint density at radius 1 is 1.67 bits per heavy atom. The van der Waals surface area contributed by atoms with Crippen LogP contribution in [0.4, 0.5) is 0 Å². The molecular weight excluding hydrogens is 274 g/mol. The third kappa shape index (κ3) is 2.87. The highest BCUT2D eigenvalue weighted by Gasteiger charge is 2.33. The van der Waals surface area contributed by atoms with Gasteiger partial charge >= 0.3 is 0 Å². The van der Waals surface area contributed by atoms with E-state index in [4.69, 9.17) is 4.74 Å². The lowest BCUT2D eigenvalue weighted by Gasteiger charge is -2.26. The fourth-order valence-electron chi connectivity index (χ4n) is 1.94. The first-order valence-electron chi connectivity index (χ1n) is 5.73. The molecule has 0 amide bonds. The number of imidazole rings is 1. The van der Waals surface area contributed by atoms with Crippen LogP contribution >= 0.6 is 11.8 Å². The number of nitrogens with zero attached hydrogens (tertiary/aromatic N) is 2. The van der Waals surface area contributed by atoms with Crippen molar-refractivity contribution in [2.24, 2.45) is 0 Å². The van der Waals surface area contributed by atoms with E-state index in [1.807, 2.05) is 0 Å². The predicted molar refractivity (Wildman–Crippen MR) is 70.1 cm³/mol. The average molecular weight is 291 g/mol. The molecule has 8 heteroatoms. The maximum atomic E-state index is 12.5. The van der Waals surface area contributed by atoms with Gasteiger partial charge in [-0.15, -0.1) is 0 Å². The lowest BCUT2D eigenvalue weighted by molar-refractivity contribution is 0.169. The van der Waals surface area contributed by atoms with Crippen LogP contribution in [0.1, 0.15) is 6.42 Å². The Morgan fingerprint density at radius 2 is 2.50 bits per heavy atom. The summed E-state index contributed by atoms with van der Waals surface area (Å²) >= 11 is 1.78. The van der Waals surface area contributed by atoms with Crippen molar-refractivity contribution in [1.82, 2.24) is 14.3 Å². The molecule has 1 saturated heterocycles. The van der Waals surface area contributed by atoms with Gasteiger partial charge in [0.2, 0.25) is 0 Å². The quantitative estimate of drug-likeness (QED) is 0.828. The van der Waals surface area contributed by atoms with Gasteiger partial charge in [0, 0.05) is 25.4 Å². The fraction of sp³-hybridized carbons (Fsp3) is 0.700. The molecule has 6 nitrogen and oxygen atoms in total. The standard InChI is InChI=1S/C10H17N3O3S2/c1-16-4-3-13(9-2-5-17-7-9)18(14,15)10-6-11-8-12-10/h6,8-9H,2-5,7H2,1H3,(H,11,12). The lowest BCUT2D eigenvalue weighted by Crippen LogP contribution is -2.42. The number of hydrogen-bond acceptors (Lipinski definition) is 5. The monoisotopic (exact) mass is 291 g/mol. The molecule has 0 aliphatic carbocycles. The number of rotatable bonds is 6. The van der Waals surface area contributed by atoms with Gasteiger partial charge in [0.05, 0.1) is 19.1 Å². The molecule has 0 aromatic carbocycles. The van der Waals surface area contributed by atoms with Gasteiger partial charge in [-0.2, -0.15) is 16.1 Å². The summed E-state index contributed by atoms with van der Waals surface area (Å²) in [5.74, 6) is 1.85. The number of methoxy groups -OCH3 is 1. The van der Waals surface area contributed by atoms with Crippen LogP contribution in [-0.2, 0) is 14.8 Å². The third-order valence-electron chi connectivity index (χ3n) is 2.89. The Labute approximate surface area is 111 Å². The Balaban J connectivity index is 2.22. The Bertz CT molecular complexity index is 455. The summed E-state index contributed by atoms with van der Waals surface area (Å²) < 4.78 is 31.5. The minimum absolute atomic E-state index is 0.0541. The van der Waals surface area contributed by atoms with Crippen molar-refractivity contribution in [3.8, 4) is 0 Å². The summed E-state index contributed by atoms with van der Waals surface area (Å²) in [6.07, 6.45) is 3.61. The van der Waals surface area contributed by atoms with Crippen LogP contribution in [0.3, 0.4) is 0 Å². The summed E-state index contributed by atoms with van der Waals surface area (Å²) in [6.45, 7) is 0.775. The Morgan fingerprint density at radius 3 is 3.06 bits per heavy atom. The van der Waals surface area contributed by atoms with Gasteiger partial charge in [0.25, 0.3) is 10.0 Å². The van der Waals surface area contributed by atoms with Crippen LogP contribution in [-0.4, -0.2) is 60.5 Å². The van der Waals surface area contributed by atoms with Crippen LogP contribution < -0.4 is 0 Å². The van der Waals surface area contributed by atoms with Gasteiger partial charge < -0.3 is 9.72 Å². The number of thioether (sulfide) groups is 1. The second-order valence-corrected chi connectivity index (χ2v) is 7.05. The second-order valence-electron chi connectivity index (χ2n) is 4.04. The van der Waals surface area contributed by atoms with Crippen LogP contribution in [0.2, 0.25) is 0 Å². The number of sulfonamides is 1. The zero-order valence-electron chi connectivity index (χ0n) is 10.2. The number of aromatic amines is 1. The molecule has 1 aliphatic rings. The van der Waals surface area contributed by atoms with E-state index < -0.39 is 10.0 Å². The molecule has 1 aliphatic heterocycles. The number of H-pyrrole nitrogens is 1. The maximum absolute atomic E-state index is 12.5. The maximum Gasteiger partial charge on any atom is 0.260 e. The molecular formula is C10H17N3O3S2. The third-order valence-corrected chi connectivity index (χ3v) is 5.91. The van der Waals surface area contributed by atoms with E-state index in [2.05, 4.69) is 9.97 Å². The number of aromatic nitrogens is 2. The molecule has 1 atom stereocenters. The SMILES string of the molecule is COCCN(C1CCSC1)S(=O)(=O)c1cnc[nH]1. The van der Waals surface area contributed by atoms with Crippen molar-refractivity contribution in [2.45, 2.75) is 17.5 Å². The lowest BCUT2D eigenvalue weighted by atomic mass is 10.3. The molecule has 2 rings (SSSR count). The number of ether oxygens (including phenoxy) is 1. The zero-order valence-corrected chi connectivity index (χ0v) is 11.8. The van der Waals surface area contributed by atoms with Crippen molar-refractivity contribution < 1.29 is 13.2 Å². The van der Waals surface area contributed by atoms with Crippen LogP contribution in [0.15, 0.2) is 17.6 Å². The summed E-state index contributed by atoms with van der Waals surface area (Å²) in [6, 6.07) is 0.0541. The molecule has 0 spiro atoms. The topological polar surface area (TPSA) is 75.3 Å². The molecule has 0 saturated carbocycles. The number of nitrogens with one attached hydrogen (secondary N) is 1. The van der Waals surface area contributed by atoms with Crippen LogP contribution in [0, 0.1) is 0 Å². The van der Waals surface area contributed by atoms with Gasteiger partial charge in [-0.25, -0.2) is 13.4 Å². The molecule has 18 heavy (non-hydrogen) atoms. The highest BCUT2D eigenvalue weighted by Crippen LogP contribution is 2.26. The summed E-state index contributed by atoms with van der Waals surface area (Å²) in [7, 11) is -1.92. The van der Waals surface area contributed by atoms with E-state index in [-0.39, 0.29) is 11.1 Å². The zero-order chi connectivity index (χ0) is 13.0. The summed E-state index contributed by atoms with van der Waals surface area (Å²) in [5.41, 5.74) is 0. The van der Waals surface area contributed by atoms with E-state index in [0.717, 1.165) is 17.9 Å². The van der Waals surface area contributed by atoms with Crippen molar-refractivity contribution in [1.29, 1.82) is 0 Å². The second kappa shape index (κ2) is 6.05. The molecule has 1 aromatic heterocycles. The molecule has 1 unspecified atom stereocenters. The predicted octanol–water partition coefficient (Wildman–Crippen LogP) is 0.552. The van der Waals surface area contributed by atoms with E-state index in [9.17, 15) is 8.42 Å². The van der Waals surface area contributed by atoms with Crippen molar-refractivity contribution in [3.63, 3.8) is 0 Å². The molecule has 0 radical (unpaired) electrons. The van der Waals surface area contributed by atoms with E-state index >= 15 is 0 Å². The van der Waals surface area contributed by atoms with E-state index in [0.29, 0.717) is 13.2 Å². The smallest absolute Gasteiger partial charge is 0.260 e. The van der Waals surface area contributed by atoms with Crippen molar-refractivity contribution in [3.05, 3.63) is 12.5 Å². The first kappa shape index (κ1) is 13.9. The van der Waals surface area contributed by atoms with Gasteiger partial charge in [-0.1, -0.05) is 0 Å². The molecule has 2 heterocycles. The van der Waals surface area contributed by atoms with Gasteiger partial charge in [0.15, 0.2) is 5.03 Å². The van der Waals surface area contributed by atoms with Gasteiger partial charge in [0.1, 0.15) is 0 Å². The van der Waals surface area contributed by atoms with E-state index in [1.165, 1.54) is 16.8 Å². The summed E-state index contributed by atoms with van der Waals surface area (Å²) in [4.78, 5) is 6.45. The molecule has 1 N–H and O–H groups in total. The minimum Gasteiger partial charge on any atom is -0.383 e. The first-order chi connectivity index (χ1) is 8.66. The molecule has 0 bridgehead atoms. The highest BCUT2D eigenvalue weighted by molar-refractivity contribution is 7.99. The van der Waals surface area contributed by atoms with Gasteiger partial charge in [-0.05, 0) is 12.2 Å². The van der Waals surface area contributed by atoms with Crippen molar-refractivity contribution in [2.75, 3.05) is 31.8 Å². The molecule has 1 fully saturated rings. The summed E-state index contributed by atoms with van der Waals surface area (Å²) in [5, 5.41) is 0.149. The fourth-order valence-corrected chi connectivity index (χ4v) is 4.79. The van der Waals surface area contributed by atoms with Gasteiger partial charge in [-0.3, -0.25) is 0 Å². The first-order valence-corrected chi connectivity index (χ1v) is 8.32. The molecule has 102 valence electrons. The Kier molecular flexibility index (Phi) is 4.66. The normalized spacial score (nSPS) is 20.7. The average Bonchev–Trinajstić information content (AvgIpc) is 3.02. The minimum atomic E-state index is -3.49. The number of hydrogen-bond donors (Lipinski definition) is 1. The van der Waals surface area contributed by atoms with Crippen molar-refractivity contribution >= 4 is 21.8 Å². The Hall–Kier alpha value is -0.570. The highest BCUT2D eigenvalue weighted by atomic mass is 32.2. The van der Waals surface area contributed by atoms with Crippen LogP contribution in [0.25, 0.3) is 0 Å². The van der Waals surface area contributed by atoms with E-state index in [1.54, 1.807) is 18.9 Å². The largest absolute Gasteiger partial charge is 0.383 e. The molecule has 1 aromatic rings.